The first-order valence-corrected chi connectivity index (χ1v) is 7.57. The lowest BCUT2D eigenvalue weighted by atomic mass is 10.1. The van der Waals surface area contributed by atoms with E-state index in [0.29, 0.717) is 31.8 Å². The number of piperidine rings is 1. The molecule has 8 heteroatoms. The molecule has 0 saturated carbocycles. The van der Waals surface area contributed by atoms with Crippen molar-refractivity contribution in [3.8, 4) is 11.4 Å². The van der Waals surface area contributed by atoms with Gasteiger partial charge in [-0.3, -0.25) is 9.71 Å². The number of nitrogens with one attached hydrogen (secondary N) is 2. The summed E-state index contributed by atoms with van der Waals surface area (Å²) in [4.78, 5) is 28.1. The molecular weight excluding hydrogens is 302 g/mol. The van der Waals surface area contributed by atoms with Crippen LogP contribution in [0, 0.1) is 0 Å². The lowest BCUT2D eigenvalue weighted by Gasteiger charge is -2.30. The zero-order chi connectivity index (χ0) is 15.5. The Morgan fingerprint density at radius 3 is 2.59 bits per heavy atom. The van der Waals surface area contributed by atoms with E-state index in [1.54, 1.807) is 4.90 Å². The third-order valence-corrected chi connectivity index (χ3v) is 4.07. The fraction of sp³-hybridized carbons (Fsp3) is 0.357. The van der Waals surface area contributed by atoms with E-state index in [2.05, 4.69) is 27.6 Å². The van der Waals surface area contributed by atoms with Crippen molar-refractivity contribution in [2.24, 2.45) is 0 Å². The summed E-state index contributed by atoms with van der Waals surface area (Å²) in [6, 6.07) is 9.33. The van der Waals surface area contributed by atoms with E-state index in [-0.39, 0.29) is 17.8 Å². The van der Waals surface area contributed by atoms with E-state index in [1.807, 2.05) is 30.3 Å². The number of hydrogen-bond donors (Lipinski definition) is 3. The highest BCUT2D eigenvalue weighted by Gasteiger charge is 2.25. The third-order valence-electron chi connectivity index (χ3n) is 3.88. The van der Waals surface area contributed by atoms with Crippen LogP contribution >= 0.6 is 12.8 Å². The van der Waals surface area contributed by atoms with E-state index in [1.165, 1.54) is 4.68 Å². The molecule has 1 aromatic carbocycles. The van der Waals surface area contributed by atoms with Gasteiger partial charge in [0.1, 0.15) is 0 Å². The van der Waals surface area contributed by atoms with E-state index >= 15 is 0 Å². The summed E-state index contributed by atoms with van der Waals surface area (Å²) < 4.78 is 3.82. The minimum absolute atomic E-state index is 0.00480. The number of urea groups is 1. The largest absolute Gasteiger partial charge is 0.343 e. The van der Waals surface area contributed by atoms with E-state index in [4.69, 9.17) is 0 Å². The molecule has 0 bridgehead atoms. The molecule has 1 saturated heterocycles. The van der Waals surface area contributed by atoms with Crippen LogP contribution in [-0.4, -0.2) is 38.8 Å². The van der Waals surface area contributed by atoms with Crippen molar-refractivity contribution in [3.63, 3.8) is 0 Å². The SMILES string of the molecule is O=C(NS)N1CCC(n2nc(-c3ccccc3)[nH]c2=O)CC1. The number of thiol groups is 1. The molecule has 1 fully saturated rings. The van der Waals surface area contributed by atoms with Crippen molar-refractivity contribution < 1.29 is 4.79 Å². The Hall–Kier alpha value is -2.22. The Labute approximate surface area is 132 Å². The number of hydrogen-bond acceptors (Lipinski definition) is 4. The molecule has 3 rings (SSSR count). The predicted octanol–water partition coefficient (Wildman–Crippen LogP) is 1.43. The Morgan fingerprint density at radius 1 is 1.27 bits per heavy atom. The molecule has 1 aromatic heterocycles. The van der Waals surface area contributed by atoms with Gasteiger partial charge in [-0.15, -0.1) is 5.10 Å². The summed E-state index contributed by atoms with van der Waals surface area (Å²) in [5, 5.41) is 4.41. The molecule has 0 atom stereocenters. The highest BCUT2D eigenvalue weighted by Crippen LogP contribution is 2.21. The van der Waals surface area contributed by atoms with Crippen LogP contribution in [0.2, 0.25) is 0 Å². The molecular formula is C14H17N5O2S. The predicted molar refractivity (Wildman–Crippen MR) is 85.6 cm³/mol. The van der Waals surface area contributed by atoms with Gasteiger partial charge in [0, 0.05) is 18.7 Å². The zero-order valence-electron chi connectivity index (χ0n) is 11.9. The number of benzene rings is 1. The lowest BCUT2D eigenvalue weighted by molar-refractivity contribution is 0.173. The van der Waals surface area contributed by atoms with E-state index < -0.39 is 0 Å². The Morgan fingerprint density at radius 2 is 1.95 bits per heavy atom. The normalized spacial score (nSPS) is 15.8. The highest BCUT2D eigenvalue weighted by molar-refractivity contribution is 7.78. The van der Waals surface area contributed by atoms with Gasteiger partial charge in [-0.2, -0.15) is 0 Å². The van der Waals surface area contributed by atoms with Crippen molar-refractivity contribution in [1.29, 1.82) is 0 Å². The Balaban J connectivity index is 1.76. The average molecular weight is 319 g/mol. The number of rotatable bonds is 2. The first-order chi connectivity index (χ1) is 10.7. The van der Waals surface area contributed by atoms with Crippen molar-refractivity contribution in [2.45, 2.75) is 18.9 Å². The van der Waals surface area contributed by atoms with Crippen LogP contribution in [0.3, 0.4) is 0 Å². The van der Waals surface area contributed by atoms with Crippen molar-refractivity contribution in [1.82, 2.24) is 24.4 Å². The molecule has 7 nitrogen and oxygen atoms in total. The smallest absolute Gasteiger partial charge is 0.324 e. The van der Waals surface area contributed by atoms with E-state index in [9.17, 15) is 9.59 Å². The second-order valence-corrected chi connectivity index (χ2v) is 5.45. The number of aromatic amines is 1. The average Bonchev–Trinajstić information content (AvgIpc) is 2.97. The number of carbonyl (C=O) groups is 1. The maximum Gasteiger partial charge on any atom is 0.343 e. The van der Waals surface area contributed by atoms with Gasteiger partial charge in [-0.1, -0.05) is 43.1 Å². The van der Waals surface area contributed by atoms with E-state index in [0.717, 1.165) is 5.56 Å². The van der Waals surface area contributed by atoms with Gasteiger partial charge < -0.3 is 4.90 Å². The molecule has 1 aliphatic heterocycles. The first kappa shape index (κ1) is 14.7. The molecule has 2 N–H and O–H groups in total. The molecule has 1 aliphatic rings. The fourth-order valence-corrected chi connectivity index (χ4v) is 2.84. The highest BCUT2D eigenvalue weighted by atomic mass is 32.1. The quantitative estimate of drug-likeness (QED) is 0.732. The molecule has 2 heterocycles. The summed E-state index contributed by atoms with van der Waals surface area (Å²) in [6.45, 7) is 1.16. The molecule has 22 heavy (non-hydrogen) atoms. The third kappa shape index (κ3) is 2.87. The number of nitrogens with zero attached hydrogens (tertiary/aromatic N) is 3. The summed E-state index contributed by atoms with van der Waals surface area (Å²) in [5.41, 5.74) is 0.668. The Bertz CT molecular complexity index is 704. The molecule has 0 aliphatic carbocycles. The van der Waals surface area contributed by atoms with Crippen LogP contribution in [0.25, 0.3) is 11.4 Å². The van der Waals surface area contributed by atoms with Crippen molar-refractivity contribution >= 4 is 18.8 Å². The van der Waals surface area contributed by atoms with Crippen LogP contribution in [0.1, 0.15) is 18.9 Å². The molecule has 0 radical (unpaired) electrons. The number of carbonyl (C=O) groups excluding carboxylic acids is 1. The number of aromatic nitrogens is 3. The standard InChI is InChI=1S/C14H17N5O2S/c20-13-15-12(10-4-2-1-3-5-10)16-19(13)11-6-8-18(9-7-11)14(21)17-22/h1-5,11,22H,6-9H2,(H,17,21)(H,15,16,20). The maximum atomic E-state index is 12.1. The summed E-state index contributed by atoms with van der Waals surface area (Å²) >= 11 is 3.76. The van der Waals surface area contributed by atoms with Gasteiger partial charge in [0.25, 0.3) is 0 Å². The van der Waals surface area contributed by atoms with Gasteiger partial charge in [0.2, 0.25) is 0 Å². The van der Waals surface area contributed by atoms with Gasteiger partial charge in [-0.25, -0.2) is 14.3 Å². The second kappa shape index (κ2) is 6.27. The fourth-order valence-electron chi connectivity index (χ4n) is 2.69. The molecule has 2 aromatic rings. The summed E-state index contributed by atoms with van der Waals surface area (Å²) in [5.74, 6) is 0.570. The summed E-state index contributed by atoms with van der Waals surface area (Å²) in [7, 11) is 0. The number of likely N-dealkylation sites (tertiary alicyclic amines) is 1. The van der Waals surface area contributed by atoms with Gasteiger partial charge in [0.15, 0.2) is 5.82 Å². The van der Waals surface area contributed by atoms with Crippen LogP contribution in [0.15, 0.2) is 35.1 Å². The summed E-state index contributed by atoms with van der Waals surface area (Å²) in [6.07, 6.45) is 1.39. The van der Waals surface area contributed by atoms with Crippen molar-refractivity contribution in [2.75, 3.05) is 13.1 Å². The Kier molecular flexibility index (Phi) is 4.19. The van der Waals surface area contributed by atoms with Crippen molar-refractivity contribution in [3.05, 3.63) is 40.8 Å². The van der Waals surface area contributed by atoms with Gasteiger partial charge >= 0.3 is 11.7 Å². The molecule has 2 amide bonds. The molecule has 0 unspecified atom stereocenters. The maximum absolute atomic E-state index is 12.1. The van der Waals surface area contributed by atoms with Crippen LogP contribution in [0.5, 0.6) is 0 Å². The number of H-pyrrole nitrogens is 1. The number of amides is 2. The minimum Gasteiger partial charge on any atom is -0.324 e. The van der Waals surface area contributed by atoms with Crippen LogP contribution in [0.4, 0.5) is 4.79 Å². The monoisotopic (exact) mass is 319 g/mol. The second-order valence-electron chi connectivity index (χ2n) is 5.22. The lowest BCUT2D eigenvalue weighted by Crippen LogP contribution is -2.43. The first-order valence-electron chi connectivity index (χ1n) is 7.12. The minimum atomic E-state index is -0.212. The molecule has 116 valence electrons. The topological polar surface area (TPSA) is 83.0 Å². The van der Waals surface area contributed by atoms with Gasteiger partial charge in [0.05, 0.1) is 6.04 Å². The zero-order valence-corrected chi connectivity index (χ0v) is 12.8. The van der Waals surface area contributed by atoms with Crippen LogP contribution in [-0.2, 0) is 0 Å². The van der Waals surface area contributed by atoms with Gasteiger partial charge in [-0.05, 0) is 12.8 Å². The molecule has 0 spiro atoms. The van der Waals surface area contributed by atoms with Crippen LogP contribution < -0.4 is 10.4 Å².